The highest BCUT2D eigenvalue weighted by Crippen LogP contribution is 2.23. The molecule has 3 aromatic rings. The van der Waals surface area contributed by atoms with Gasteiger partial charge in [-0.3, -0.25) is 0 Å². The van der Waals surface area contributed by atoms with E-state index in [1.54, 1.807) is 24.5 Å². The zero-order chi connectivity index (χ0) is 13.4. The van der Waals surface area contributed by atoms with Crippen molar-refractivity contribution < 1.29 is 9.90 Å². The molecule has 0 atom stereocenters. The second-order valence-electron chi connectivity index (χ2n) is 3.82. The summed E-state index contributed by atoms with van der Waals surface area (Å²) in [5, 5.41) is 21.7. The largest absolute Gasteiger partial charge is 0.476 e. The molecule has 7 heteroatoms. The van der Waals surface area contributed by atoms with Gasteiger partial charge in [-0.2, -0.15) is 5.10 Å². The van der Waals surface area contributed by atoms with Crippen molar-refractivity contribution in [3.8, 4) is 5.69 Å². The van der Waals surface area contributed by atoms with Gasteiger partial charge in [0, 0.05) is 11.6 Å². The molecule has 0 spiro atoms. The van der Waals surface area contributed by atoms with E-state index < -0.39 is 5.97 Å². The van der Waals surface area contributed by atoms with E-state index in [4.69, 9.17) is 0 Å². The number of rotatable bonds is 2. The summed E-state index contributed by atoms with van der Waals surface area (Å²) in [6.45, 7) is 0. The Kier molecular flexibility index (Phi) is 2.75. The van der Waals surface area contributed by atoms with Crippen molar-refractivity contribution in [1.82, 2.24) is 20.0 Å². The van der Waals surface area contributed by atoms with Crippen LogP contribution in [0.2, 0.25) is 0 Å². The van der Waals surface area contributed by atoms with E-state index in [-0.39, 0.29) is 5.69 Å². The molecule has 0 fully saturated rings. The molecule has 0 saturated heterocycles. The van der Waals surface area contributed by atoms with Crippen molar-refractivity contribution in [3.63, 3.8) is 0 Å². The Morgan fingerprint density at radius 1 is 1.26 bits per heavy atom. The first-order valence-electron chi connectivity index (χ1n) is 5.36. The molecule has 0 amide bonds. The number of nitrogens with zero attached hydrogens (tertiary/aromatic N) is 4. The van der Waals surface area contributed by atoms with E-state index in [1.807, 2.05) is 12.1 Å². The Morgan fingerprint density at radius 2 is 2.05 bits per heavy atom. The van der Waals surface area contributed by atoms with Crippen molar-refractivity contribution in [2.45, 2.75) is 0 Å². The van der Waals surface area contributed by atoms with Crippen LogP contribution in [0.3, 0.4) is 0 Å². The van der Waals surface area contributed by atoms with Crippen molar-refractivity contribution in [2.75, 3.05) is 0 Å². The molecule has 0 aliphatic carbocycles. The number of aromatic nitrogens is 4. The van der Waals surface area contributed by atoms with Gasteiger partial charge in [-0.1, -0.05) is 18.2 Å². The van der Waals surface area contributed by atoms with Crippen molar-refractivity contribution in [2.24, 2.45) is 0 Å². The second kappa shape index (κ2) is 4.43. The number of halogens is 1. The second-order valence-corrected chi connectivity index (χ2v) is 4.74. The molecule has 0 bridgehead atoms. The van der Waals surface area contributed by atoms with Crippen LogP contribution in [-0.2, 0) is 0 Å². The number of carboxylic acids is 1. The maximum absolute atomic E-state index is 11.3. The number of carbonyl (C=O) groups is 1. The smallest absolute Gasteiger partial charge is 0.358 e. The number of carboxylic acid groups (broad SMARTS) is 1. The molecule has 1 N–H and O–H groups in total. The molecular formula is C12H7BrN4O2. The summed E-state index contributed by atoms with van der Waals surface area (Å²) in [7, 11) is 0. The molecule has 0 aliphatic heterocycles. The van der Waals surface area contributed by atoms with E-state index in [0.29, 0.717) is 16.6 Å². The molecule has 0 radical (unpaired) electrons. The molecule has 19 heavy (non-hydrogen) atoms. The Labute approximate surface area is 115 Å². The van der Waals surface area contributed by atoms with Crippen LogP contribution < -0.4 is 0 Å². The van der Waals surface area contributed by atoms with Gasteiger partial charge < -0.3 is 5.11 Å². The first-order chi connectivity index (χ1) is 9.16. The molecule has 6 nitrogen and oxygen atoms in total. The van der Waals surface area contributed by atoms with Crippen LogP contribution in [0, 0.1) is 0 Å². The van der Waals surface area contributed by atoms with E-state index in [9.17, 15) is 9.90 Å². The van der Waals surface area contributed by atoms with E-state index in [2.05, 4.69) is 31.2 Å². The number of benzene rings is 1. The minimum absolute atomic E-state index is 0.130. The lowest BCUT2D eigenvalue weighted by atomic mass is 10.1. The van der Waals surface area contributed by atoms with E-state index >= 15 is 0 Å². The number of fused-ring (bicyclic) bond motifs is 1. The fraction of sp³-hybridized carbons (Fsp3) is 0. The van der Waals surface area contributed by atoms with Crippen LogP contribution >= 0.6 is 15.9 Å². The molecule has 0 aliphatic rings. The average molecular weight is 319 g/mol. The van der Waals surface area contributed by atoms with Crippen LogP contribution in [0.4, 0.5) is 0 Å². The summed E-state index contributed by atoms with van der Waals surface area (Å²) in [4.78, 5) is 11.3. The Bertz CT molecular complexity index is 784. The van der Waals surface area contributed by atoms with Gasteiger partial charge in [-0.25, -0.2) is 9.48 Å². The van der Waals surface area contributed by atoms with Crippen molar-refractivity contribution in [3.05, 3.63) is 46.8 Å². The first kappa shape index (κ1) is 11.8. The normalized spacial score (nSPS) is 10.8. The third kappa shape index (κ3) is 1.97. The standard InChI is InChI=1S/C12H7BrN4O2/c13-7-5-14-17(6-7)11-8-3-1-2-4-9(8)15-16-10(11)12(18)19/h1-6H,(H,18,19). The van der Waals surface area contributed by atoms with E-state index in [0.717, 1.165) is 4.47 Å². The summed E-state index contributed by atoms with van der Waals surface area (Å²) in [5.74, 6) is -1.14. The van der Waals surface area contributed by atoms with Gasteiger partial charge in [-0.05, 0) is 22.0 Å². The quantitative estimate of drug-likeness (QED) is 0.784. The molecule has 0 unspecified atom stereocenters. The van der Waals surface area contributed by atoms with Crippen molar-refractivity contribution in [1.29, 1.82) is 0 Å². The summed E-state index contributed by atoms with van der Waals surface area (Å²) in [6, 6.07) is 7.20. The van der Waals surface area contributed by atoms with Crippen LogP contribution in [-0.4, -0.2) is 31.1 Å². The lowest BCUT2D eigenvalue weighted by Gasteiger charge is -2.08. The van der Waals surface area contributed by atoms with Gasteiger partial charge >= 0.3 is 5.97 Å². The van der Waals surface area contributed by atoms with Gasteiger partial charge in [0.2, 0.25) is 0 Å². The molecule has 0 saturated carbocycles. The minimum Gasteiger partial charge on any atom is -0.476 e. The van der Waals surface area contributed by atoms with Crippen LogP contribution in [0.1, 0.15) is 10.5 Å². The topological polar surface area (TPSA) is 80.9 Å². The van der Waals surface area contributed by atoms with Crippen molar-refractivity contribution >= 4 is 32.8 Å². The van der Waals surface area contributed by atoms with E-state index in [1.165, 1.54) is 4.68 Å². The molecule has 2 heterocycles. The summed E-state index contributed by atoms with van der Waals surface area (Å²) >= 11 is 3.29. The molecule has 94 valence electrons. The van der Waals surface area contributed by atoms with Crippen LogP contribution in [0.25, 0.3) is 16.6 Å². The molecule has 3 rings (SSSR count). The highest BCUT2D eigenvalue weighted by Gasteiger charge is 2.18. The fourth-order valence-corrected chi connectivity index (χ4v) is 2.12. The summed E-state index contributed by atoms with van der Waals surface area (Å²) < 4.78 is 2.23. The van der Waals surface area contributed by atoms with Gasteiger partial charge in [0.15, 0.2) is 5.69 Å². The molecule has 1 aromatic carbocycles. The fourth-order valence-electron chi connectivity index (χ4n) is 1.84. The molecular weight excluding hydrogens is 312 g/mol. The lowest BCUT2D eigenvalue weighted by Crippen LogP contribution is -2.10. The maximum Gasteiger partial charge on any atom is 0.358 e. The SMILES string of the molecule is O=C(O)c1nnc2ccccc2c1-n1cc(Br)cn1. The Hall–Kier alpha value is -2.28. The van der Waals surface area contributed by atoms with Gasteiger partial charge in [0.25, 0.3) is 0 Å². The number of aromatic carboxylic acids is 1. The predicted molar refractivity (Wildman–Crippen MR) is 71.3 cm³/mol. The Morgan fingerprint density at radius 3 is 2.74 bits per heavy atom. The summed E-state index contributed by atoms with van der Waals surface area (Å²) in [5.41, 5.74) is 0.896. The zero-order valence-electron chi connectivity index (χ0n) is 9.49. The third-order valence-corrected chi connectivity index (χ3v) is 3.03. The Balaban J connectivity index is 2.41. The summed E-state index contributed by atoms with van der Waals surface area (Å²) in [6.07, 6.45) is 3.26. The van der Waals surface area contributed by atoms with Gasteiger partial charge in [0.1, 0.15) is 5.69 Å². The number of hydrogen-bond acceptors (Lipinski definition) is 4. The number of hydrogen-bond donors (Lipinski definition) is 1. The van der Waals surface area contributed by atoms with Gasteiger partial charge in [0.05, 0.1) is 16.2 Å². The highest BCUT2D eigenvalue weighted by molar-refractivity contribution is 9.10. The third-order valence-electron chi connectivity index (χ3n) is 2.62. The minimum atomic E-state index is -1.14. The zero-order valence-corrected chi connectivity index (χ0v) is 11.1. The predicted octanol–water partition coefficient (Wildman–Crippen LogP) is 2.28. The van der Waals surface area contributed by atoms with Crippen LogP contribution in [0.5, 0.6) is 0 Å². The lowest BCUT2D eigenvalue weighted by molar-refractivity contribution is 0.0689. The van der Waals surface area contributed by atoms with Crippen LogP contribution in [0.15, 0.2) is 41.1 Å². The maximum atomic E-state index is 11.3. The average Bonchev–Trinajstić information content (AvgIpc) is 2.83. The monoisotopic (exact) mass is 318 g/mol. The highest BCUT2D eigenvalue weighted by atomic mass is 79.9. The molecule has 2 aromatic heterocycles. The van der Waals surface area contributed by atoms with Gasteiger partial charge in [-0.15, -0.1) is 10.2 Å². The first-order valence-corrected chi connectivity index (χ1v) is 6.15.